The van der Waals surface area contributed by atoms with Crippen LogP contribution in [0.2, 0.25) is 0 Å². The minimum atomic E-state index is -3.46. The van der Waals surface area contributed by atoms with Crippen LogP contribution in [0.3, 0.4) is 0 Å². The highest BCUT2D eigenvalue weighted by atomic mass is 32.2. The van der Waals surface area contributed by atoms with E-state index in [0.29, 0.717) is 32.9 Å². The molecule has 7 heteroatoms. The van der Waals surface area contributed by atoms with E-state index >= 15 is 0 Å². The van der Waals surface area contributed by atoms with Gasteiger partial charge in [0.25, 0.3) is 5.91 Å². The molecule has 0 spiro atoms. The van der Waals surface area contributed by atoms with Crippen molar-refractivity contribution in [2.45, 2.75) is 24.3 Å². The minimum Gasteiger partial charge on any atom is -0.354 e. The second-order valence-corrected chi connectivity index (χ2v) is 10.1. The van der Waals surface area contributed by atoms with Crippen LogP contribution in [0, 0.1) is 0 Å². The molecular weight excluding hydrogens is 412 g/mol. The zero-order chi connectivity index (χ0) is 22.4. The Hall–Kier alpha value is -3.45. The molecule has 4 rings (SSSR count). The molecule has 0 saturated heterocycles. The van der Waals surface area contributed by atoms with Gasteiger partial charge in [0.05, 0.1) is 16.0 Å². The maximum Gasteiger partial charge on any atom is 0.252 e. The summed E-state index contributed by atoms with van der Waals surface area (Å²) < 4.78 is 24.4. The normalized spacial score (nSPS) is 12.2. The maximum absolute atomic E-state index is 13.0. The van der Waals surface area contributed by atoms with Crippen molar-refractivity contribution in [1.82, 2.24) is 10.3 Å². The fraction of sp³-hybridized carbons (Fsp3) is 0.167. The summed E-state index contributed by atoms with van der Waals surface area (Å²) in [4.78, 5) is 29.2. The lowest BCUT2D eigenvalue weighted by molar-refractivity contribution is 0.0911. The van der Waals surface area contributed by atoms with Crippen LogP contribution in [-0.2, 0) is 15.4 Å². The first kappa shape index (κ1) is 20.8. The van der Waals surface area contributed by atoms with Crippen LogP contribution in [0.5, 0.6) is 0 Å². The fourth-order valence-corrected chi connectivity index (χ4v) is 4.85. The smallest absolute Gasteiger partial charge is 0.252 e. The van der Waals surface area contributed by atoms with Crippen molar-refractivity contribution < 1.29 is 13.2 Å². The molecule has 0 saturated carbocycles. The lowest BCUT2D eigenvalue weighted by Gasteiger charge is -2.28. The fourth-order valence-electron chi connectivity index (χ4n) is 3.80. The number of carbonyl (C=O) groups excluding carboxylic acids is 1. The third kappa shape index (κ3) is 3.84. The predicted molar refractivity (Wildman–Crippen MR) is 122 cm³/mol. The molecule has 4 aromatic rings. The van der Waals surface area contributed by atoms with Crippen molar-refractivity contribution in [3.05, 3.63) is 88.1 Å². The highest BCUT2D eigenvalue weighted by molar-refractivity contribution is 7.90. The zero-order valence-electron chi connectivity index (χ0n) is 17.4. The molecule has 2 N–H and O–H groups in total. The Morgan fingerprint density at radius 1 is 0.903 bits per heavy atom. The number of carbonyl (C=O) groups is 1. The van der Waals surface area contributed by atoms with Gasteiger partial charge < -0.3 is 10.3 Å². The Balaban J connectivity index is 1.73. The summed E-state index contributed by atoms with van der Waals surface area (Å²) in [5, 5.41) is 4.01. The maximum atomic E-state index is 13.0. The van der Waals surface area contributed by atoms with Gasteiger partial charge in [-0.1, -0.05) is 30.3 Å². The summed E-state index contributed by atoms with van der Waals surface area (Å²) >= 11 is 0. The van der Waals surface area contributed by atoms with Gasteiger partial charge in [-0.25, -0.2) is 8.42 Å². The quantitative estimate of drug-likeness (QED) is 0.478. The first-order valence-electron chi connectivity index (χ1n) is 9.75. The number of aromatic nitrogens is 1. The molecule has 158 valence electrons. The summed E-state index contributed by atoms with van der Waals surface area (Å²) in [7, 11) is -3.46. The number of sulfone groups is 1. The van der Waals surface area contributed by atoms with Crippen molar-refractivity contribution in [1.29, 1.82) is 0 Å². The van der Waals surface area contributed by atoms with Gasteiger partial charge in [0, 0.05) is 28.1 Å². The Morgan fingerprint density at radius 2 is 1.55 bits per heavy atom. The van der Waals surface area contributed by atoms with E-state index in [1.54, 1.807) is 56.3 Å². The van der Waals surface area contributed by atoms with Crippen LogP contribution in [0.4, 0.5) is 0 Å². The third-order valence-corrected chi connectivity index (χ3v) is 6.51. The van der Waals surface area contributed by atoms with Crippen LogP contribution >= 0.6 is 0 Å². The number of rotatable bonds is 4. The van der Waals surface area contributed by atoms with Crippen LogP contribution in [0.1, 0.15) is 29.8 Å². The molecule has 0 radical (unpaired) electrons. The molecule has 0 atom stereocenters. The molecule has 0 bridgehead atoms. The van der Waals surface area contributed by atoms with Gasteiger partial charge >= 0.3 is 0 Å². The lowest BCUT2D eigenvalue weighted by Crippen LogP contribution is -2.41. The summed E-state index contributed by atoms with van der Waals surface area (Å²) in [6, 6.07) is 18.7. The van der Waals surface area contributed by atoms with Gasteiger partial charge in [-0.3, -0.25) is 9.59 Å². The Labute approximate surface area is 179 Å². The molecule has 0 aliphatic heterocycles. The SMILES string of the molecule is CC(C)(NC(=O)c1ccc2c(=O)c3ccccc3[nH]c2c1)c1ccccc1S(C)(=O)=O. The average Bonchev–Trinajstić information content (AvgIpc) is 2.72. The molecule has 0 aliphatic carbocycles. The predicted octanol–water partition coefficient (Wildman–Crippen LogP) is 3.75. The number of H-pyrrole nitrogens is 1. The van der Waals surface area contributed by atoms with E-state index in [1.807, 2.05) is 18.2 Å². The van der Waals surface area contributed by atoms with Gasteiger partial charge in [-0.05, 0) is 55.8 Å². The van der Waals surface area contributed by atoms with Crippen molar-refractivity contribution in [3.8, 4) is 0 Å². The number of fused-ring (bicyclic) bond motifs is 2. The number of para-hydroxylation sites is 1. The standard InChI is InChI=1S/C24H22N2O4S/c1-24(2,18-9-5-7-11-21(18)31(3,29)30)26-23(28)15-12-13-17-20(14-15)25-19-10-6-4-8-16(19)22(17)27/h4-14H,1-3H3,(H,25,27)(H,26,28). The second-order valence-electron chi connectivity index (χ2n) is 8.11. The largest absolute Gasteiger partial charge is 0.354 e. The molecule has 1 amide bonds. The van der Waals surface area contributed by atoms with Crippen molar-refractivity contribution in [2.24, 2.45) is 0 Å². The van der Waals surface area contributed by atoms with E-state index in [4.69, 9.17) is 0 Å². The molecule has 0 fully saturated rings. The topological polar surface area (TPSA) is 96.1 Å². The third-order valence-electron chi connectivity index (χ3n) is 5.35. The lowest BCUT2D eigenvalue weighted by atomic mass is 9.93. The van der Waals surface area contributed by atoms with Crippen LogP contribution in [0.15, 0.2) is 76.4 Å². The Morgan fingerprint density at radius 3 is 2.29 bits per heavy atom. The second kappa shape index (κ2) is 7.35. The van der Waals surface area contributed by atoms with Crippen molar-refractivity contribution in [2.75, 3.05) is 6.26 Å². The van der Waals surface area contributed by atoms with E-state index in [2.05, 4.69) is 10.3 Å². The number of aromatic amines is 1. The molecular formula is C24H22N2O4S. The van der Waals surface area contributed by atoms with Gasteiger partial charge in [-0.15, -0.1) is 0 Å². The summed E-state index contributed by atoms with van der Waals surface area (Å²) in [6.07, 6.45) is 1.15. The van der Waals surface area contributed by atoms with Gasteiger partial charge in [-0.2, -0.15) is 0 Å². The molecule has 0 unspecified atom stereocenters. The number of benzene rings is 3. The number of nitrogens with one attached hydrogen (secondary N) is 2. The molecule has 1 aromatic heterocycles. The van der Waals surface area contributed by atoms with Gasteiger partial charge in [0.15, 0.2) is 15.3 Å². The first-order chi connectivity index (χ1) is 14.6. The Bertz CT molecular complexity index is 1500. The monoisotopic (exact) mass is 434 g/mol. The van der Waals surface area contributed by atoms with E-state index in [-0.39, 0.29) is 16.2 Å². The van der Waals surface area contributed by atoms with Crippen molar-refractivity contribution >= 4 is 37.6 Å². The first-order valence-corrected chi connectivity index (χ1v) is 11.6. The number of pyridine rings is 1. The highest BCUT2D eigenvalue weighted by Crippen LogP contribution is 2.28. The van der Waals surface area contributed by atoms with Crippen LogP contribution < -0.4 is 10.7 Å². The number of amides is 1. The van der Waals surface area contributed by atoms with Crippen LogP contribution in [-0.4, -0.2) is 25.6 Å². The summed E-state index contributed by atoms with van der Waals surface area (Å²) in [5.41, 5.74) is 1.08. The van der Waals surface area contributed by atoms with E-state index in [0.717, 1.165) is 6.26 Å². The zero-order valence-corrected chi connectivity index (χ0v) is 18.2. The molecule has 31 heavy (non-hydrogen) atoms. The Kier molecular flexibility index (Phi) is 4.94. The molecule has 6 nitrogen and oxygen atoms in total. The summed E-state index contributed by atoms with van der Waals surface area (Å²) in [6.45, 7) is 3.51. The van der Waals surface area contributed by atoms with Gasteiger partial charge in [0.1, 0.15) is 0 Å². The van der Waals surface area contributed by atoms with E-state index in [9.17, 15) is 18.0 Å². The number of hydrogen-bond acceptors (Lipinski definition) is 4. The summed E-state index contributed by atoms with van der Waals surface area (Å²) in [5.74, 6) is -0.371. The van der Waals surface area contributed by atoms with Gasteiger partial charge in [0.2, 0.25) is 0 Å². The van der Waals surface area contributed by atoms with E-state index in [1.165, 1.54) is 6.07 Å². The molecule has 3 aromatic carbocycles. The average molecular weight is 435 g/mol. The van der Waals surface area contributed by atoms with Crippen molar-refractivity contribution in [3.63, 3.8) is 0 Å². The minimum absolute atomic E-state index is 0.0984. The number of hydrogen-bond donors (Lipinski definition) is 2. The van der Waals surface area contributed by atoms with E-state index < -0.39 is 15.4 Å². The van der Waals surface area contributed by atoms with Crippen LogP contribution in [0.25, 0.3) is 21.8 Å². The molecule has 1 heterocycles. The highest BCUT2D eigenvalue weighted by Gasteiger charge is 2.29. The molecule has 0 aliphatic rings.